The zero-order valence-corrected chi connectivity index (χ0v) is 13.6. The van der Waals surface area contributed by atoms with Gasteiger partial charge in [0.25, 0.3) is 0 Å². The zero-order chi connectivity index (χ0) is 15.2. The van der Waals surface area contributed by atoms with Crippen LogP contribution < -0.4 is 11.1 Å². The monoisotopic (exact) mass is 346 g/mol. The molecule has 3 N–H and O–H groups in total. The molecule has 0 heterocycles. The molecule has 0 fully saturated rings. The highest BCUT2D eigenvalue weighted by atomic mass is 79.9. The van der Waals surface area contributed by atoms with E-state index in [4.69, 9.17) is 5.73 Å². The third-order valence-corrected chi connectivity index (χ3v) is 4.43. The fourth-order valence-corrected chi connectivity index (χ4v) is 2.43. The van der Waals surface area contributed by atoms with Gasteiger partial charge in [0.1, 0.15) is 0 Å². The van der Waals surface area contributed by atoms with E-state index in [0.29, 0.717) is 6.42 Å². The van der Waals surface area contributed by atoms with Crippen LogP contribution in [0.15, 0.2) is 53.0 Å². The van der Waals surface area contributed by atoms with E-state index in [1.807, 2.05) is 55.5 Å². The van der Waals surface area contributed by atoms with Gasteiger partial charge in [-0.15, -0.1) is 0 Å². The van der Waals surface area contributed by atoms with Crippen LogP contribution >= 0.6 is 15.9 Å². The number of aryl methyl sites for hydroxylation is 2. The average molecular weight is 347 g/mol. The van der Waals surface area contributed by atoms with Crippen molar-refractivity contribution < 1.29 is 4.79 Å². The second-order valence-electron chi connectivity index (χ2n) is 5.06. The van der Waals surface area contributed by atoms with Gasteiger partial charge in [0, 0.05) is 4.47 Å². The molecule has 4 heteroatoms. The van der Waals surface area contributed by atoms with Crippen molar-refractivity contribution in [3.05, 3.63) is 64.1 Å². The van der Waals surface area contributed by atoms with E-state index in [0.717, 1.165) is 22.1 Å². The Labute approximate surface area is 133 Å². The molecule has 2 aromatic rings. The Morgan fingerprint density at radius 3 is 2.62 bits per heavy atom. The highest BCUT2D eigenvalue weighted by Gasteiger charge is 2.15. The molecule has 0 aliphatic carbocycles. The Kier molecular flexibility index (Phi) is 5.53. The molecule has 0 spiro atoms. The van der Waals surface area contributed by atoms with Gasteiger partial charge >= 0.3 is 0 Å². The lowest BCUT2D eigenvalue weighted by atomic mass is 10.1. The fraction of sp³-hybridized carbons (Fsp3) is 0.235. The molecular weight excluding hydrogens is 328 g/mol. The van der Waals surface area contributed by atoms with Gasteiger partial charge in [0.05, 0.1) is 11.7 Å². The molecule has 110 valence electrons. The van der Waals surface area contributed by atoms with Crippen LogP contribution in [0.3, 0.4) is 0 Å². The third kappa shape index (κ3) is 4.41. The molecule has 0 radical (unpaired) electrons. The number of nitrogens with one attached hydrogen (secondary N) is 1. The second kappa shape index (κ2) is 7.38. The van der Waals surface area contributed by atoms with Gasteiger partial charge in [-0.1, -0.05) is 42.5 Å². The highest BCUT2D eigenvalue weighted by Crippen LogP contribution is 2.25. The molecular formula is C17H19BrN2O. The number of carbonyl (C=O) groups is 1. The lowest BCUT2D eigenvalue weighted by Crippen LogP contribution is -2.36. The summed E-state index contributed by atoms with van der Waals surface area (Å²) in [5, 5.41) is 2.88. The van der Waals surface area contributed by atoms with E-state index in [9.17, 15) is 4.79 Å². The van der Waals surface area contributed by atoms with Crippen LogP contribution in [0.2, 0.25) is 0 Å². The standard InChI is InChI=1S/C17H19BrN2O/c1-12-6-5-9-15(16(12)18)20-17(21)14(19)11-10-13-7-3-2-4-8-13/h2-9,14H,10-11,19H2,1H3,(H,20,21). The maximum atomic E-state index is 12.1. The van der Waals surface area contributed by atoms with Gasteiger partial charge in [0.15, 0.2) is 0 Å². The number of rotatable bonds is 5. The van der Waals surface area contributed by atoms with E-state index >= 15 is 0 Å². The number of amides is 1. The summed E-state index contributed by atoms with van der Waals surface area (Å²) in [6.45, 7) is 1.98. The SMILES string of the molecule is Cc1cccc(NC(=O)C(N)CCc2ccccc2)c1Br. The van der Waals surface area contributed by atoms with E-state index in [2.05, 4.69) is 21.2 Å². The van der Waals surface area contributed by atoms with Crippen LogP contribution in [0.5, 0.6) is 0 Å². The first-order valence-corrected chi connectivity index (χ1v) is 7.72. The predicted octanol–water partition coefficient (Wildman–Crippen LogP) is 3.66. The summed E-state index contributed by atoms with van der Waals surface area (Å²) in [5.74, 6) is -0.155. The third-order valence-electron chi connectivity index (χ3n) is 3.37. The predicted molar refractivity (Wildman–Crippen MR) is 90.2 cm³/mol. The Morgan fingerprint density at radius 2 is 1.90 bits per heavy atom. The highest BCUT2D eigenvalue weighted by molar-refractivity contribution is 9.10. The lowest BCUT2D eigenvalue weighted by Gasteiger charge is -2.14. The summed E-state index contributed by atoms with van der Waals surface area (Å²) in [6.07, 6.45) is 1.42. The zero-order valence-electron chi connectivity index (χ0n) is 12.0. The second-order valence-corrected chi connectivity index (χ2v) is 5.85. The number of nitrogens with two attached hydrogens (primary N) is 1. The molecule has 0 aromatic heterocycles. The molecule has 2 aromatic carbocycles. The summed E-state index contributed by atoms with van der Waals surface area (Å²) in [6, 6.07) is 15.3. The molecule has 1 amide bonds. The molecule has 1 atom stereocenters. The first kappa shape index (κ1) is 15.7. The van der Waals surface area contributed by atoms with Gasteiger partial charge in [-0.2, -0.15) is 0 Å². The lowest BCUT2D eigenvalue weighted by molar-refractivity contribution is -0.117. The summed E-state index contributed by atoms with van der Waals surface area (Å²) < 4.78 is 0.897. The summed E-state index contributed by atoms with van der Waals surface area (Å²) in [7, 11) is 0. The minimum Gasteiger partial charge on any atom is -0.324 e. The van der Waals surface area contributed by atoms with Crippen molar-refractivity contribution >= 4 is 27.5 Å². The smallest absolute Gasteiger partial charge is 0.241 e. The number of halogens is 1. The van der Waals surface area contributed by atoms with E-state index in [-0.39, 0.29) is 5.91 Å². The van der Waals surface area contributed by atoms with E-state index < -0.39 is 6.04 Å². The summed E-state index contributed by atoms with van der Waals surface area (Å²) >= 11 is 3.48. The van der Waals surface area contributed by atoms with Crippen molar-refractivity contribution in [1.82, 2.24) is 0 Å². The molecule has 0 saturated carbocycles. The van der Waals surface area contributed by atoms with Gasteiger partial charge in [-0.05, 0) is 52.9 Å². The number of benzene rings is 2. The number of carbonyl (C=O) groups excluding carboxylic acids is 1. The topological polar surface area (TPSA) is 55.1 Å². The first-order valence-electron chi connectivity index (χ1n) is 6.93. The Morgan fingerprint density at radius 1 is 1.19 bits per heavy atom. The van der Waals surface area contributed by atoms with Crippen molar-refractivity contribution in [1.29, 1.82) is 0 Å². The van der Waals surface area contributed by atoms with Crippen LogP contribution in [0.4, 0.5) is 5.69 Å². The van der Waals surface area contributed by atoms with Gasteiger partial charge in [-0.25, -0.2) is 0 Å². The molecule has 0 aliphatic rings. The van der Waals surface area contributed by atoms with Crippen LogP contribution in [0.25, 0.3) is 0 Å². The Hall–Kier alpha value is -1.65. The first-order chi connectivity index (χ1) is 10.1. The van der Waals surface area contributed by atoms with Crippen molar-refractivity contribution in [2.24, 2.45) is 5.73 Å². The van der Waals surface area contributed by atoms with Crippen molar-refractivity contribution in [3.8, 4) is 0 Å². The van der Waals surface area contributed by atoms with Crippen molar-refractivity contribution in [3.63, 3.8) is 0 Å². The van der Waals surface area contributed by atoms with Crippen LogP contribution in [0, 0.1) is 6.92 Å². The molecule has 0 saturated heterocycles. The Balaban J connectivity index is 1.92. The minimum atomic E-state index is -0.516. The largest absolute Gasteiger partial charge is 0.324 e. The van der Waals surface area contributed by atoms with Gasteiger partial charge < -0.3 is 11.1 Å². The van der Waals surface area contributed by atoms with Crippen LogP contribution in [-0.4, -0.2) is 11.9 Å². The number of anilines is 1. The summed E-state index contributed by atoms with van der Waals surface area (Å²) in [4.78, 5) is 12.1. The average Bonchev–Trinajstić information content (AvgIpc) is 2.50. The maximum Gasteiger partial charge on any atom is 0.241 e. The molecule has 21 heavy (non-hydrogen) atoms. The molecule has 0 bridgehead atoms. The van der Waals surface area contributed by atoms with Crippen molar-refractivity contribution in [2.75, 3.05) is 5.32 Å². The molecule has 1 unspecified atom stereocenters. The van der Waals surface area contributed by atoms with Gasteiger partial charge in [-0.3, -0.25) is 4.79 Å². The molecule has 0 aliphatic heterocycles. The van der Waals surface area contributed by atoms with Crippen LogP contribution in [-0.2, 0) is 11.2 Å². The van der Waals surface area contributed by atoms with E-state index in [1.165, 1.54) is 5.56 Å². The quantitative estimate of drug-likeness (QED) is 0.867. The maximum absolute atomic E-state index is 12.1. The van der Waals surface area contributed by atoms with Crippen molar-refractivity contribution in [2.45, 2.75) is 25.8 Å². The van der Waals surface area contributed by atoms with E-state index in [1.54, 1.807) is 0 Å². The number of hydrogen-bond acceptors (Lipinski definition) is 2. The molecule has 3 nitrogen and oxygen atoms in total. The van der Waals surface area contributed by atoms with Crippen LogP contribution in [0.1, 0.15) is 17.5 Å². The Bertz CT molecular complexity index is 613. The normalized spacial score (nSPS) is 12.0. The number of hydrogen-bond donors (Lipinski definition) is 2. The minimum absolute atomic E-state index is 0.155. The van der Waals surface area contributed by atoms with Gasteiger partial charge in [0.2, 0.25) is 5.91 Å². The molecule has 2 rings (SSSR count). The summed E-state index contributed by atoms with van der Waals surface area (Å²) in [5.41, 5.74) is 9.00. The fourth-order valence-electron chi connectivity index (χ4n) is 2.07.